The minimum atomic E-state index is -0.0645. The normalized spacial score (nSPS) is 14.3. The monoisotopic (exact) mass is 435 g/mol. The van der Waals surface area contributed by atoms with Crippen molar-refractivity contribution in [2.75, 3.05) is 38.0 Å². The summed E-state index contributed by atoms with van der Waals surface area (Å²) >= 11 is 1.53. The van der Waals surface area contributed by atoms with Crippen molar-refractivity contribution in [3.05, 3.63) is 76.5 Å². The van der Waals surface area contributed by atoms with Gasteiger partial charge in [-0.1, -0.05) is 18.2 Å². The van der Waals surface area contributed by atoms with Crippen LogP contribution in [0, 0.1) is 6.92 Å². The summed E-state index contributed by atoms with van der Waals surface area (Å²) in [6.45, 7) is 4.95. The van der Waals surface area contributed by atoms with Crippen LogP contribution in [0.15, 0.2) is 66.7 Å². The molecule has 0 bridgehead atoms. The Kier molecular flexibility index (Phi) is 6.64. The molecule has 1 fully saturated rings. The quantitative estimate of drug-likeness (QED) is 0.629. The van der Waals surface area contributed by atoms with E-state index in [2.05, 4.69) is 10.2 Å². The standard InChI is InChI=1S/C24H25N3O3S/c1-18-7-12-22(31-18)24(29)27-15-13-26(14-16-27)17-23(28)25-19-8-10-21(11-9-19)30-20-5-3-2-4-6-20/h2-12H,13-17H2,1H3,(H,25,28). The van der Waals surface area contributed by atoms with Gasteiger partial charge >= 0.3 is 0 Å². The molecule has 2 aromatic carbocycles. The Hall–Kier alpha value is -3.16. The molecule has 4 rings (SSSR count). The molecule has 2 heterocycles. The Bertz CT molecular complexity index is 1030. The van der Waals surface area contributed by atoms with Gasteiger partial charge in [0, 0.05) is 36.7 Å². The maximum Gasteiger partial charge on any atom is 0.264 e. The van der Waals surface area contributed by atoms with E-state index in [1.54, 1.807) is 0 Å². The molecular weight excluding hydrogens is 410 g/mol. The zero-order chi connectivity index (χ0) is 21.6. The zero-order valence-corrected chi connectivity index (χ0v) is 18.2. The van der Waals surface area contributed by atoms with Crippen LogP contribution >= 0.6 is 11.3 Å². The lowest BCUT2D eigenvalue weighted by molar-refractivity contribution is -0.117. The molecule has 0 radical (unpaired) electrons. The van der Waals surface area contributed by atoms with Gasteiger partial charge in [-0.15, -0.1) is 11.3 Å². The summed E-state index contributed by atoms with van der Waals surface area (Å²) < 4.78 is 5.77. The number of carbonyl (C=O) groups excluding carboxylic acids is 2. The first-order valence-electron chi connectivity index (χ1n) is 10.3. The van der Waals surface area contributed by atoms with Gasteiger partial charge in [0.1, 0.15) is 11.5 Å². The van der Waals surface area contributed by atoms with Gasteiger partial charge in [0.2, 0.25) is 5.91 Å². The predicted octanol–water partition coefficient (Wildman–Crippen LogP) is 4.25. The van der Waals surface area contributed by atoms with Gasteiger partial charge in [0.25, 0.3) is 5.91 Å². The van der Waals surface area contributed by atoms with E-state index in [9.17, 15) is 9.59 Å². The Labute approximate surface area is 186 Å². The highest BCUT2D eigenvalue weighted by molar-refractivity contribution is 7.13. The number of hydrogen-bond donors (Lipinski definition) is 1. The molecule has 0 spiro atoms. The summed E-state index contributed by atoms with van der Waals surface area (Å²) in [6.07, 6.45) is 0. The van der Waals surface area contributed by atoms with E-state index in [0.717, 1.165) is 21.2 Å². The third-order valence-corrected chi connectivity index (χ3v) is 6.08. The smallest absolute Gasteiger partial charge is 0.264 e. The fourth-order valence-corrected chi connectivity index (χ4v) is 4.28. The second-order valence-electron chi connectivity index (χ2n) is 7.47. The van der Waals surface area contributed by atoms with Gasteiger partial charge in [-0.3, -0.25) is 14.5 Å². The van der Waals surface area contributed by atoms with Gasteiger partial charge < -0.3 is 15.0 Å². The highest BCUT2D eigenvalue weighted by atomic mass is 32.1. The first kappa shape index (κ1) is 21.1. The molecule has 1 aliphatic heterocycles. The van der Waals surface area contributed by atoms with Crippen molar-refractivity contribution in [1.82, 2.24) is 9.80 Å². The molecule has 1 aliphatic rings. The number of hydrogen-bond acceptors (Lipinski definition) is 5. The third kappa shape index (κ3) is 5.71. The van der Waals surface area contributed by atoms with Crippen molar-refractivity contribution in [3.8, 4) is 11.5 Å². The molecule has 0 atom stereocenters. The van der Waals surface area contributed by atoms with Crippen LogP contribution in [0.2, 0.25) is 0 Å². The van der Waals surface area contributed by atoms with E-state index in [1.165, 1.54) is 11.3 Å². The molecule has 0 unspecified atom stereocenters. The summed E-state index contributed by atoms with van der Waals surface area (Å²) in [5, 5.41) is 2.93. The highest BCUT2D eigenvalue weighted by Gasteiger charge is 2.24. The lowest BCUT2D eigenvalue weighted by Crippen LogP contribution is -2.50. The summed E-state index contributed by atoms with van der Waals surface area (Å²) in [7, 11) is 0. The molecular formula is C24H25N3O3S. The van der Waals surface area contributed by atoms with Gasteiger partial charge in [-0.2, -0.15) is 0 Å². The van der Waals surface area contributed by atoms with Crippen LogP contribution in [0.4, 0.5) is 5.69 Å². The number of para-hydroxylation sites is 1. The van der Waals surface area contributed by atoms with Gasteiger partial charge in [0.05, 0.1) is 11.4 Å². The number of aryl methyl sites for hydroxylation is 1. The van der Waals surface area contributed by atoms with Crippen LogP contribution in [0.3, 0.4) is 0 Å². The van der Waals surface area contributed by atoms with Crippen LogP contribution in [-0.2, 0) is 4.79 Å². The van der Waals surface area contributed by atoms with E-state index < -0.39 is 0 Å². The Morgan fingerprint density at radius 1 is 0.903 bits per heavy atom. The number of rotatable bonds is 6. The van der Waals surface area contributed by atoms with E-state index in [4.69, 9.17) is 4.74 Å². The van der Waals surface area contributed by atoms with Crippen molar-refractivity contribution < 1.29 is 14.3 Å². The van der Waals surface area contributed by atoms with Crippen LogP contribution in [0.25, 0.3) is 0 Å². The van der Waals surface area contributed by atoms with Crippen molar-refractivity contribution >= 4 is 28.8 Å². The van der Waals surface area contributed by atoms with Crippen molar-refractivity contribution in [1.29, 1.82) is 0 Å². The van der Waals surface area contributed by atoms with E-state index in [0.29, 0.717) is 38.5 Å². The maximum absolute atomic E-state index is 12.6. The summed E-state index contributed by atoms with van der Waals surface area (Å²) in [5.41, 5.74) is 0.729. The summed E-state index contributed by atoms with van der Waals surface area (Å²) in [6, 6.07) is 20.7. The molecule has 0 saturated carbocycles. The average Bonchev–Trinajstić information content (AvgIpc) is 3.22. The van der Waals surface area contributed by atoms with Crippen LogP contribution in [0.5, 0.6) is 11.5 Å². The molecule has 1 saturated heterocycles. The molecule has 1 aromatic heterocycles. The van der Waals surface area contributed by atoms with Gasteiger partial charge in [-0.05, 0) is 55.5 Å². The number of nitrogens with one attached hydrogen (secondary N) is 1. The Morgan fingerprint density at radius 3 is 2.23 bits per heavy atom. The fraction of sp³-hybridized carbons (Fsp3) is 0.250. The molecule has 3 aromatic rings. The predicted molar refractivity (Wildman–Crippen MR) is 123 cm³/mol. The second-order valence-corrected chi connectivity index (χ2v) is 8.75. The number of piperazine rings is 1. The third-order valence-electron chi connectivity index (χ3n) is 5.09. The molecule has 160 valence electrons. The number of anilines is 1. The van der Waals surface area contributed by atoms with Crippen LogP contribution in [-0.4, -0.2) is 54.3 Å². The first-order valence-corrected chi connectivity index (χ1v) is 11.1. The number of ether oxygens (including phenoxy) is 1. The van der Waals surface area contributed by atoms with Crippen molar-refractivity contribution in [2.24, 2.45) is 0 Å². The minimum Gasteiger partial charge on any atom is -0.457 e. The Morgan fingerprint density at radius 2 is 1.58 bits per heavy atom. The summed E-state index contributed by atoms with van der Waals surface area (Å²) in [5.74, 6) is 1.50. The number of thiophene rings is 1. The number of amides is 2. The molecule has 0 aliphatic carbocycles. The minimum absolute atomic E-state index is 0.0645. The maximum atomic E-state index is 12.6. The molecule has 7 heteroatoms. The van der Waals surface area contributed by atoms with E-state index >= 15 is 0 Å². The summed E-state index contributed by atoms with van der Waals surface area (Å²) in [4.78, 5) is 30.8. The average molecular weight is 436 g/mol. The van der Waals surface area contributed by atoms with Crippen molar-refractivity contribution in [2.45, 2.75) is 6.92 Å². The largest absolute Gasteiger partial charge is 0.457 e. The molecule has 6 nitrogen and oxygen atoms in total. The van der Waals surface area contributed by atoms with Gasteiger partial charge in [-0.25, -0.2) is 0 Å². The lowest BCUT2D eigenvalue weighted by atomic mass is 10.2. The van der Waals surface area contributed by atoms with Crippen LogP contribution in [0.1, 0.15) is 14.5 Å². The number of benzene rings is 2. The van der Waals surface area contributed by atoms with Crippen molar-refractivity contribution in [3.63, 3.8) is 0 Å². The number of nitrogens with zero attached hydrogens (tertiary/aromatic N) is 2. The lowest BCUT2D eigenvalue weighted by Gasteiger charge is -2.34. The molecule has 1 N–H and O–H groups in total. The topological polar surface area (TPSA) is 61.9 Å². The SMILES string of the molecule is Cc1ccc(C(=O)N2CCN(CC(=O)Nc3ccc(Oc4ccccc4)cc3)CC2)s1. The number of carbonyl (C=O) groups is 2. The van der Waals surface area contributed by atoms with Crippen LogP contribution < -0.4 is 10.1 Å². The highest BCUT2D eigenvalue weighted by Crippen LogP contribution is 2.23. The zero-order valence-electron chi connectivity index (χ0n) is 17.4. The second kappa shape index (κ2) is 9.76. The molecule has 31 heavy (non-hydrogen) atoms. The fourth-order valence-electron chi connectivity index (χ4n) is 3.45. The van der Waals surface area contributed by atoms with E-state index in [1.807, 2.05) is 78.6 Å². The van der Waals surface area contributed by atoms with Gasteiger partial charge in [0.15, 0.2) is 0 Å². The first-order chi connectivity index (χ1) is 15.1. The Balaban J connectivity index is 1.23. The van der Waals surface area contributed by atoms with E-state index in [-0.39, 0.29) is 11.8 Å². The molecule has 2 amide bonds.